The van der Waals surface area contributed by atoms with E-state index in [1.54, 1.807) is 0 Å². The summed E-state index contributed by atoms with van der Waals surface area (Å²) in [5.41, 5.74) is 10.5. The number of phenolic OH excluding ortho intramolecular Hbond substituents is 4. The molecule has 0 amide bonds. The van der Waals surface area contributed by atoms with Crippen molar-refractivity contribution in [2.45, 2.75) is 80.1 Å². The Morgan fingerprint density at radius 3 is 0.591 bits per heavy atom. The Labute approximate surface area is 259 Å². The summed E-state index contributed by atoms with van der Waals surface area (Å²) in [4.78, 5) is 0. The summed E-state index contributed by atoms with van der Waals surface area (Å²) in [5.74, 6) is 0.957. The van der Waals surface area contributed by atoms with Gasteiger partial charge >= 0.3 is 0 Å². The zero-order valence-electron chi connectivity index (χ0n) is 26.1. The Bertz CT molecular complexity index is 1320. The Balaban J connectivity index is 1.45. The van der Waals surface area contributed by atoms with Crippen LogP contribution in [-0.2, 0) is 52.4 Å². The van der Waals surface area contributed by atoms with Crippen molar-refractivity contribution >= 4 is 0 Å². The van der Waals surface area contributed by atoms with Crippen LogP contribution in [-0.4, -0.2) is 20.4 Å². The fourth-order valence-electron chi connectivity index (χ4n) is 6.14. The van der Waals surface area contributed by atoms with E-state index in [0.29, 0.717) is 52.4 Å². The zero-order chi connectivity index (χ0) is 31.4. The van der Waals surface area contributed by atoms with Crippen molar-refractivity contribution in [1.29, 1.82) is 0 Å². The molecule has 8 N–H and O–H groups in total. The van der Waals surface area contributed by atoms with Crippen molar-refractivity contribution in [3.8, 4) is 23.0 Å². The number of benzene rings is 4. The van der Waals surface area contributed by atoms with Gasteiger partial charge in [-0.15, -0.1) is 0 Å². The molecule has 0 radical (unpaired) electrons. The van der Waals surface area contributed by atoms with Gasteiger partial charge in [0.1, 0.15) is 23.0 Å². The average Bonchev–Trinajstić information content (AvgIpc) is 2.97. The Morgan fingerprint density at radius 1 is 0.318 bits per heavy atom. The minimum absolute atomic E-state index is 0.239. The van der Waals surface area contributed by atoms with Crippen LogP contribution in [0.15, 0.2) is 48.5 Å². The van der Waals surface area contributed by atoms with Crippen LogP contribution in [0.1, 0.15) is 66.8 Å². The van der Waals surface area contributed by atoms with Gasteiger partial charge in [-0.1, -0.05) is 70.8 Å². The normalized spacial score (nSPS) is 15.0. The lowest BCUT2D eigenvalue weighted by Crippen LogP contribution is -2.18. The monoisotopic (exact) mass is 596 g/mol. The van der Waals surface area contributed by atoms with E-state index in [1.807, 2.05) is 76.2 Å². The summed E-state index contributed by atoms with van der Waals surface area (Å²) in [6.07, 6.45) is 0. The standard InChI is InChI=1S/C36H44N4O4/c1-21-5-25-13-37-15-27-7-22(2)9-29(34(27)42)17-39-19-31-11-24(4)12-32(36(31)44)20-40-18-30-10-23(3)8-28(35(30)43)16-38-14-26(6-21)33(25)41/h5-12,37-44H,13-20H2,1-4H3. The van der Waals surface area contributed by atoms with Gasteiger partial charge in [-0.25, -0.2) is 0 Å². The van der Waals surface area contributed by atoms with Crippen LogP contribution in [0.3, 0.4) is 0 Å². The van der Waals surface area contributed by atoms with Gasteiger partial charge in [-0.3, -0.25) is 0 Å². The van der Waals surface area contributed by atoms with Gasteiger partial charge in [0.25, 0.3) is 0 Å². The maximum absolute atomic E-state index is 11.1. The fourth-order valence-corrected chi connectivity index (χ4v) is 6.14. The van der Waals surface area contributed by atoms with Crippen LogP contribution in [0.4, 0.5) is 0 Å². The minimum Gasteiger partial charge on any atom is -0.507 e. The predicted molar refractivity (Wildman–Crippen MR) is 174 cm³/mol. The van der Waals surface area contributed by atoms with Crippen LogP contribution in [0.2, 0.25) is 0 Å². The van der Waals surface area contributed by atoms with Crippen LogP contribution >= 0.6 is 0 Å². The average molecular weight is 597 g/mol. The molecule has 1 heterocycles. The molecule has 1 aliphatic rings. The summed E-state index contributed by atoms with van der Waals surface area (Å²) in [6.45, 7) is 11.5. The largest absolute Gasteiger partial charge is 0.507 e. The van der Waals surface area contributed by atoms with Crippen molar-refractivity contribution in [3.63, 3.8) is 0 Å². The molecule has 0 atom stereocenters. The van der Waals surface area contributed by atoms with Crippen LogP contribution in [0, 0.1) is 27.7 Å². The molecule has 0 saturated carbocycles. The molecular formula is C36H44N4O4. The molecule has 0 aromatic heterocycles. The number of aryl methyl sites for hydroxylation is 4. The first-order valence-electron chi connectivity index (χ1n) is 15.2. The van der Waals surface area contributed by atoms with E-state index in [4.69, 9.17) is 0 Å². The highest BCUT2D eigenvalue weighted by Gasteiger charge is 2.15. The van der Waals surface area contributed by atoms with Gasteiger partial charge in [-0.2, -0.15) is 0 Å². The predicted octanol–water partition coefficient (Wildman–Crippen LogP) is 5.22. The highest BCUT2D eigenvalue weighted by Crippen LogP contribution is 2.30. The van der Waals surface area contributed by atoms with E-state index in [2.05, 4.69) is 21.3 Å². The first-order chi connectivity index (χ1) is 21.1. The van der Waals surface area contributed by atoms with E-state index >= 15 is 0 Å². The summed E-state index contributed by atoms with van der Waals surface area (Å²) in [6, 6.07) is 15.8. The molecule has 0 unspecified atom stereocenters. The van der Waals surface area contributed by atoms with E-state index in [9.17, 15) is 20.4 Å². The van der Waals surface area contributed by atoms with Crippen molar-refractivity contribution in [2.75, 3.05) is 0 Å². The Hall–Kier alpha value is -4.08. The van der Waals surface area contributed by atoms with Gasteiger partial charge in [0.15, 0.2) is 0 Å². The van der Waals surface area contributed by atoms with E-state index in [-0.39, 0.29) is 23.0 Å². The van der Waals surface area contributed by atoms with Crippen LogP contribution in [0.5, 0.6) is 23.0 Å². The lowest BCUT2D eigenvalue weighted by Gasteiger charge is -2.17. The molecule has 4 aromatic rings. The topological polar surface area (TPSA) is 129 Å². The number of hydrogen-bond donors (Lipinski definition) is 8. The summed E-state index contributed by atoms with van der Waals surface area (Å²) in [7, 11) is 0. The molecular weight excluding hydrogens is 552 g/mol. The molecule has 8 nitrogen and oxygen atoms in total. The first kappa shape index (κ1) is 31.3. The molecule has 0 spiro atoms. The summed E-state index contributed by atoms with van der Waals surface area (Å²) >= 11 is 0. The molecule has 8 heteroatoms. The SMILES string of the molecule is Cc1cc2c(O)c(c1)CNCc1cc(C)cc(c1O)CNCc1cc(C)cc(c1O)CNCc1cc(C)cc(c1O)CNC2. The maximum Gasteiger partial charge on any atom is 0.124 e. The van der Waals surface area contributed by atoms with Gasteiger partial charge in [0.2, 0.25) is 0 Å². The van der Waals surface area contributed by atoms with E-state index < -0.39 is 0 Å². The van der Waals surface area contributed by atoms with E-state index in [1.165, 1.54) is 0 Å². The highest BCUT2D eigenvalue weighted by molar-refractivity contribution is 5.47. The van der Waals surface area contributed by atoms with Gasteiger partial charge in [0, 0.05) is 96.9 Å². The molecule has 5 rings (SSSR count). The number of nitrogens with one attached hydrogen (secondary N) is 4. The van der Waals surface area contributed by atoms with Gasteiger partial charge < -0.3 is 41.7 Å². The molecule has 4 aromatic carbocycles. The van der Waals surface area contributed by atoms with Crippen LogP contribution in [0.25, 0.3) is 0 Å². The third-order valence-electron chi connectivity index (χ3n) is 8.17. The maximum atomic E-state index is 11.1. The van der Waals surface area contributed by atoms with Gasteiger partial charge in [-0.05, 0) is 27.7 Å². The fraction of sp³-hybridized carbons (Fsp3) is 0.333. The van der Waals surface area contributed by atoms with Crippen molar-refractivity contribution in [1.82, 2.24) is 21.3 Å². The number of phenols is 4. The Kier molecular flexibility index (Phi) is 9.76. The molecule has 0 aliphatic carbocycles. The second-order valence-corrected chi connectivity index (χ2v) is 12.1. The summed E-state index contributed by atoms with van der Waals surface area (Å²) < 4.78 is 0. The van der Waals surface area contributed by atoms with Crippen molar-refractivity contribution in [3.05, 3.63) is 115 Å². The molecule has 8 bridgehead atoms. The van der Waals surface area contributed by atoms with Crippen LogP contribution < -0.4 is 21.3 Å². The molecule has 232 valence electrons. The zero-order valence-corrected chi connectivity index (χ0v) is 26.1. The smallest absolute Gasteiger partial charge is 0.124 e. The lowest BCUT2D eigenvalue weighted by atomic mass is 10.0. The minimum atomic E-state index is 0.239. The van der Waals surface area contributed by atoms with E-state index in [0.717, 1.165) is 66.8 Å². The summed E-state index contributed by atoms with van der Waals surface area (Å²) in [5, 5.41) is 57.9. The second kappa shape index (κ2) is 13.7. The molecule has 0 fully saturated rings. The molecule has 1 aliphatic heterocycles. The van der Waals surface area contributed by atoms with Gasteiger partial charge in [0.05, 0.1) is 0 Å². The number of hydrogen-bond acceptors (Lipinski definition) is 8. The highest BCUT2D eigenvalue weighted by atomic mass is 16.3. The van der Waals surface area contributed by atoms with Crippen molar-refractivity contribution < 1.29 is 20.4 Å². The third-order valence-corrected chi connectivity index (χ3v) is 8.17. The number of fused-ring (bicyclic) bond motifs is 8. The second-order valence-electron chi connectivity index (χ2n) is 12.1. The lowest BCUT2D eigenvalue weighted by molar-refractivity contribution is 0.443. The van der Waals surface area contributed by atoms with Crippen molar-refractivity contribution in [2.24, 2.45) is 0 Å². The molecule has 44 heavy (non-hydrogen) atoms. The molecule has 0 saturated heterocycles. The number of aromatic hydroxyl groups is 4. The Morgan fingerprint density at radius 2 is 0.455 bits per heavy atom. The first-order valence-corrected chi connectivity index (χ1v) is 15.2. The third kappa shape index (κ3) is 7.34. The quantitative estimate of drug-likeness (QED) is 0.139. The number of rotatable bonds is 0.